The normalized spacial score (nSPS) is 14.7. The maximum absolute atomic E-state index is 6.65. The molecule has 11 rings (SSSR count). The molecule has 0 saturated carbocycles. The quantitative estimate of drug-likeness (QED) is 0.188. The van der Waals surface area contributed by atoms with Gasteiger partial charge < -0.3 is 9.73 Å². The van der Waals surface area contributed by atoms with E-state index in [1.54, 1.807) is 0 Å². The lowest BCUT2D eigenvalue weighted by molar-refractivity contribution is 0.668. The van der Waals surface area contributed by atoms with Gasteiger partial charge in [-0.25, -0.2) is 9.98 Å². The highest BCUT2D eigenvalue weighted by molar-refractivity contribution is 7.25. The third-order valence-electron chi connectivity index (χ3n) is 10.3. The lowest BCUT2D eigenvalue weighted by Gasteiger charge is -2.24. The summed E-state index contributed by atoms with van der Waals surface area (Å²) < 4.78 is 9.21. The number of hydrogen-bond donors (Lipinski definition) is 1. The van der Waals surface area contributed by atoms with Crippen LogP contribution in [0.15, 0.2) is 178 Å². The van der Waals surface area contributed by atoms with Gasteiger partial charge in [0, 0.05) is 42.1 Å². The van der Waals surface area contributed by atoms with Gasteiger partial charge in [-0.3, -0.25) is 0 Å². The topological polar surface area (TPSA) is 49.9 Å². The first kappa shape index (κ1) is 29.2. The molecule has 0 bridgehead atoms. The largest absolute Gasteiger partial charge is 0.456 e. The van der Waals surface area contributed by atoms with E-state index < -0.39 is 0 Å². The summed E-state index contributed by atoms with van der Waals surface area (Å²) in [6.45, 7) is 0. The third-order valence-corrected chi connectivity index (χ3v) is 11.5. The zero-order valence-electron chi connectivity index (χ0n) is 27.9. The van der Waals surface area contributed by atoms with Crippen LogP contribution in [-0.4, -0.2) is 11.7 Å². The minimum atomic E-state index is -0.340. The van der Waals surface area contributed by atoms with Crippen LogP contribution in [0.4, 0.5) is 0 Å². The van der Waals surface area contributed by atoms with E-state index in [0.29, 0.717) is 5.84 Å². The Bertz CT molecular complexity index is 3120. The molecule has 1 N–H and O–H groups in total. The predicted molar refractivity (Wildman–Crippen MR) is 219 cm³/mol. The van der Waals surface area contributed by atoms with Crippen molar-refractivity contribution in [2.24, 2.45) is 9.98 Å². The highest BCUT2D eigenvalue weighted by Crippen LogP contribution is 2.45. The summed E-state index contributed by atoms with van der Waals surface area (Å²) in [7, 11) is 0. The van der Waals surface area contributed by atoms with Crippen LogP contribution in [0.5, 0.6) is 0 Å². The van der Waals surface area contributed by atoms with Crippen molar-refractivity contribution in [3.8, 4) is 11.1 Å². The molecule has 0 aliphatic carbocycles. The minimum absolute atomic E-state index is 0.340. The molecule has 5 heteroatoms. The standard InChI is InChI=1S/C47H29N3OS/c1-2-13-28(14-3-1)45-48-46(50-47(49-45)37-27-29-15-4-5-16-30(29)31-17-6-7-18-32(31)37)36-22-11-24-39-44(36)43-34(20-10-23-38(43)51-39)33-21-12-26-41-42(33)35-19-8-9-25-40(35)52-41/h1-27,45H,(H,48,49,50). The van der Waals surface area contributed by atoms with Crippen molar-refractivity contribution in [3.63, 3.8) is 0 Å². The highest BCUT2D eigenvalue weighted by Gasteiger charge is 2.26. The Hall–Kier alpha value is -6.56. The molecular weight excluding hydrogens is 655 g/mol. The summed E-state index contributed by atoms with van der Waals surface area (Å²) in [5, 5.41) is 13.1. The number of thiophene rings is 1. The van der Waals surface area contributed by atoms with Crippen LogP contribution in [0.1, 0.15) is 22.9 Å². The second kappa shape index (κ2) is 11.5. The molecule has 10 aromatic rings. The Labute approximate surface area is 303 Å². The highest BCUT2D eigenvalue weighted by atomic mass is 32.1. The van der Waals surface area contributed by atoms with Crippen LogP contribution in [0.25, 0.3) is 74.8 Å². The second-order valence-electron chi connectivity index (χ2n) is 13.3. The zero-order valence-corrected chi connectivity index (χ0v) is 28.7. The van der Waals surface area contributed by atoms with E-state index in [9.17, 15) is 0 Å². The van der Waals surface area contributed by atoms with E-state index in [-0.39, 0.29) is 6.17 Å². The number of furan rings is 1. The SMILES string of the molecule is c1ccc(C2N=C(c3cc4ccccc4c4ccccc34)N=C(c3cccc4oc5cccc(-c6cccc7sc8ccccc8c67)c5c34)N2)cc1. The average Bonchev–Trinajstić information content (AvgIpc) is 3.80. The van der Waals surface area contributed by atoms with Crippen LogP contribution in [0, 0.1) is 0 Å². The van der Waals surface area contributed by atoms with E-state index >= 15 is 0 Å². The van der Waals surface area contributed by atoms with Gasteiger partial charge in [0.05, 0.1) is 0 Å². The van der Waals surface area contributed by atoms with Crippen molar-refractivity contribution >= 4 is 86.7 Å². The molecule has 4 nitrogen and oxygen atoms in total. The van der Waals surface area contributed by atoms with Crippen molar-refractivity contribution in [2.75, 3.05) is 0 Å². The Morgan fingerprint density at radius 3 is 1.92 bits per heavy atom. The van der Waals surface area contributed by atoms with E-state index in [0.717, 1.165) is 60.8 Å². The second-order valence-corrected chi connectivity index (χ2v) is 14.4. The van der Waals surface area contributed by atoms with Gasteiger partial charge >= 0.3 is 0 Å². The Kier molecular flexibility index (Phi) is 6.45. The fourth-order valence-corrected chi connectivity index (χ4v) is 9.17. The zero-order chi connectivity index (χ0) is 34.2. The van der Waals surface area contributed by atoms with Crippen molar-refractivity contribution in [1.82, 2.24) is 5.32 Å². The van der Waals surface area contributed by atoms with Crippen molar-refractivity contribution in [3.05, 3.63) is 180 Å². The number of aliphatic imine (C=N–C) groups is 2. The van der Waals surface area contributed by atoms with Crippen LogP contribution in [0.2, 0.25) is 0 Å². The van der Waals surface area contributed by atoms with Gasteiger partial charge in [-0.05, 0) is 68.6 Å². The molecule has 0 spiro atoms. The molecule has 0 amide bonds. The number of hydrogen-bond acceptors (Lipinski definition) is 5. The lowest BCUT2D eigenvalue weighted by atomic mass is 9.93. The molecule has 244 valence electrons. The summed E-state index contributed by atoms with van der Waals surface area (Å²) in [6, 6.07) is 57.8. The molecule has 1 aliphatic heterocycles. The average molecular weight is 684 g/mol. The fourth-order valence-electron chi connectivity index (χ4n) is 8.04. The molecule has 0 saturated heterocycles. The number of nitrogens with zero attached hydrogens (tertiary/aromatic N) is 2. The molecule has 0 fully saturated rings. The number of benzene rings is 8. The number of fused-ring (bicyclic) bond motifs is 9. The lowest BCUT2D eigenvalue weighted by Crippen LogP contribution is -2.33. The summed E-state index contributed by atoms with van der Waals surface area (Å²) in [5.74, 6) is 1.46. The van der Waals surface area contributed by atoms with E-state index in [2.05, 4.69) is 163 Å². The van der Waals surface area contributed by atoms with Gasteiger partial charge in [0.15, 0.2) is 5.84 Å². The molecule has 2 aromatic heterocycles. The molecule has 8 aromatic carbocycles. The van der Waals surface area contributed by atoms with Gasteiger partial charge in [-0.2, -0.15) is 0 Å². The fraction of sp³-hybridized carbons (Fsp3) is 0.0213. The predicted octanol–water partition coefficient (Wildman–Crippen LogP) is 12.4. The smallest absolute Gasteiger partial charge is 0.160 e. The Morgan fingerprint density at radius 2 is 1.10 bits per heavy atom. The Morgan fingerprint density at radius 1 is 0.481 bits per heavy atom. The van der Waals surface area contributed by atoms with Crippen LogP contribution < -0.4 is 5.32 Å². The molecule has 1 atom stereocenters. The third kappa shape index (κ3) is 4.46. The van der Waals surface area contributed by atoms with Crippen molar-refractivity contribution < 1.29 is 4.42 Å². The van der Waals surface area contributed by atoms with Gasteiger partial charge in [0.1, 0.15) is 23.2 Å². The first-order chi connectivity index (χ1) is 25.8. The molecular formula is C47H29N3OS. The van der Waals surface area contributed by atoms with Gasteiger partial charge in [-0.15, -0.1) is 11.3 Å². The molecule has 1 aliphatic rings. The summed E-state index contributed by atoms with van der Waals surface area (Å²) in [5.41, 5.74) is 7.06. The minimum Gasteiger partial charge on any atom is -0.456 e. The monoisotopic (exact) mass is 683 g/mol. The number of rotatable bonds is 4. The number of amidine groups is 2. The van der Waals surface area contributed by atoms with Crippen LogP contribution in [0.3, 0.4) is 0 Å². The first-order valence-electron chi connectivity index (χ1n) is 17.5. The molecule has 0 radical (unpaired) electrons. The Balaban J connectivity index is 1.18. The summed E-state index contributed by atoms with van der Waals surface area (Å²) in [6.07, 6.45) is -0.340. The van der Waals surface area contributed by atoms with Crippen molar-refractivity contribution in [2.45, 2.75) is 6.17 Å². The molecule has 52 heavy (non-hydrogen) atoms. The summed E-state index contributed by atoms with van der Waals surface area (Å²) in [4.78, 5) is 10.7. The molecule has 1 unspecified atom stereocenters. The molecule has 3 heterocycles. The van der Waals surface area contributed by atoms with E-state index in [1.165, 1.54) is 36.5 Å². The van der Waals surface area contributed by atoms with Crippen LogP contribution >= 0.6 is 11.3 Å². The van der Waals surface area contributed by atoms with E-state index in [4.69, 9.17) is 14.4 Å². The number of nitrogens with one attached hydrogen (secondary N) is 1. The van der Waals surface area contributed by atoms with Gasteiger partial charge in [0.2, 0.25) is 0 Å². The maximum Gasteiger partial charge on any atom is 0.160 e. The van der Waals surface area contributed by atoms with Gasteiger partial charge in [0.25, 0.3) is 0 Å². The summed E-state index contributed by atoms with van der Waals surface area (Å²) >= 11 is 1.84. The van der Waals surface area contributed by atoms with E-state index in [1.807, 2.05) is 17.4 Å². The van der Waals surface area contributed by atoms with Gasteiger partial charge in [-0.1, -0.05) is 133 Å². The van der Waals surface area contributed by atoms with Crippen molar-refractivity contribution in [1.29, 1.82) is 0 Å². The van der Waals surface area contributed by atoms with Crippen LogP contribution in [-0.2, 0) is 0 Å². The maximum atomic E-state index is 6.65. The first-order valence-corrected chi connectivity index (χ1v) is 18.3.